The summed E-state index contributed by atoms with van der Waals surface area (Å²) in [6.07, 6.45) is 0.980. The van der Waals surface area contributed by atoms with E-state index in [1.54, 1.807) is 20.8 Å². The lowest BCUT2D eigenvalue weighted by molar-refractivity contribution is -0.160. The maximum atomic E-state index is 11.3. The molecule has 9 heteroatoms. The Balaban J connectivity index is 3.29. The second-order valence-electron chi connectivity index (χ2n) is 5.39. The normalized spacial score (nSPS) is 12.4. The Hall–Kier alpha value is -0.740. The topological polar surface area (TPSA) is 97.4 Å². The van der Waals surface area contributed by atoms with Crippen LogP contribution in [0.25, 0.3) is 0 Å². The molecule has 0 spiro atoms. The average molecular weight is 342 g/mol. The van der Waals surface area contributed by atoms with Crippen LogP contribution in [0.3, 0.4) is 0 Å². The Morgan fingerprint density at radius 2 is 1.32 bits per heavy atom. The molecule has 132 valence electrons. The molecule has 0 heterocycles. The highest BCUT2D eigenvalue weighted by molar-refractivity contribution is 7.85. The highest BCUT2D eigenvalue weighted by Gasteiger charge is 2.15. The highest BCUT2D eigenvalue weighted by Crippen LogP contribution is 2.06. The predicted molar refractivity (Wildman–Crippen MR) is 79.1 cm³/mol. The van der Waals surface area contributed by atoms with Gasteiger partial charge in [-0.05, 0) is 20.8 Å². The highest BCUT2D eigenvalue weighted by atomic mass is 32.2. The van der Waals surface area contributed by atoms with Gasteiger partial charge in [-0.3, -0.25) is 4.18 Å². The van der Waals surface area contributed by atoms with Crippen LogP contribution in [0.2, 0.25) is 0 Å². The Labute approximate surface area is 132 Å². The maximum absolute atomic E-state index is 11.3. The molecule has 0 bridgehead atoms. The zero-order chi connectivity index (χ0) is 17.1. The van der Waals surface area contributed by atoms with Crippen molar-refractivity contribution in [2.75, 3.05) is 52.5 Å². The van der Waals surface area contributed by atoms with E-state index in [4.69, 9.17) is 18.9 Å². The molecule has 0 N–H and O–H groups in total. The SMILES string of the molecule is CC(C)(C)OC(=O)COCCOCCOCCOS(C)(=O)=O. The summed E-state index contributed by atoms with van der Waals surface area (Å²) in [4.78, 5) is 11.3. The van der Waals surface area contributed by atoms with Crippen molar-refractivity contribution in [3.05, 3.63) is 0 Å². The van der Waals surface area contributed by atoms with Gasteiger partial charge < -0.3 is 18.9 Å². The van der Waals surface area contributed by atoms with Crippen molar-refractivity contribution in [2.45, 2.75) is 26.4 Å². The van der Waals surface area contributed by atoms with Crippen molar-refractivity contribution in [3.63, 3.8) is 0 Å². The molecular weight excluding hydrogens is 316 g/mol. The van der Waals surface area contributed by atoms with Crippen molar-refractivity contribution in [3.8, 4) is 0 Å². The van der Waals surface area contributed by atoms with Crippen LogP contribution >= 0.6 is 0 Å². The van der Waals surface area contributed by atoms with E-state index in [-0.39, 0.29) is 26.4 Å². The van der Waals surface area contributed by atoms with Gasteiger partial charge >= 0.3 is 5.97 Å². The number of hydrogen-bond acceptors (Lipinski definition) is 8. The van der Waals surface area contributed by atoms with Gasteiger partial charge in [-0.1, -0.05) is 0 Å². The molecule has 0 aromatic heterocycles. The van der Waals surface area contributed by atoms with Gasteiger partial charge in [0.2, 0.25) is 0 Å². The van der Waals surface area contributed by atoms with E-state index in [2.05, 4.69) is 4.18 Å². The van der Waals surface area contributed by atoms with Crippen LogP contribution in [-0.4, -0.2) is 72.5 Å². The molecule has 0 aliphatic rings. The molecule has 0 unspecified atom stereocenters. The minimum atomic E-state index is -3.42. The monoisotopic (exact) mass is 342 g/mol. The molecule has 0 aliphatic carbocycles. The second-order valence-corrected chi connectivity index (χ2v) is 7.03. The van der Waals surface area contributed by atoms with E-state index in [9.17, 15) is 13.2 Å². The average Bonchev–Trinajstić information content (AvgIpc) is 2.32. The van der Waals surface area contributed by atoms with Crippen molar-refractivity contribution in [1.29, 1.82) is 0 Å². The van der Waals surface area contributed by atoms with E-state index < -0.39 is 21.7 Å². The Kier molecular flexibility index (Phi) is 10.5. The summed E-state index contributed by atoms with van der Waals surface area (Å²) in [5.41, 5.74) is -0.519. The molecule has 0 radical (unpaired) electrons. The number of ether oxygens (including phenoxy) is 4. The summed E-state index contributed by atoms with van der Waals surface area (Å²) < 4.78 is 46.2. The fourth-order valence-electron chi connectivity index (χ4n) is 1.21. The molecular formula is C13H26O8S. The lowest BCUT2D eigenvalue weighted by Crippen LogP contribution is -2.27. The summed E-state index contributed by atoms with van der Waals surface area (Å²) in [7, 11) is -3.42. The predicted octanol–water partition coefficient (Wildman–Crippen LogP) is 0.354. The Morgan fingerprint density at radius 3 is 1.77 bits per heavy atom. The zero-order valence-electron chi connectivity index (χ0n) is 13.6. The largest absolute Gasteiger partial charge is 0.458 e. The van der Waals surface area contributed by atoms with Crippen molar-refractivity contribution < 1.29 is 36.3 Å². The van der Waals surface area contributed by atoms with Crippen LogP contribution in [0.4, 0.5) is 0 Å². The van der Waals surface area contributed by atoms with Crippen LogP contribution in [0.1, 0.15) is 20.8 Å². The first kappa shape index (κ1) is 21.3. The van der Waals surface area contributed by atoms with Gasteiger partial charge in [-0.2, -0.15) is 8.42 Å². The molecule has 0 rings (SSSR count). The number of rotatable bonds is 12. The van der Waals surface area contributed by atoms with Gasteiger partial charge in [0, 0.05) is 0 Å². The van der Waals surface area contributed by atoms with E-state index in [1.165, 1.54) is 0 Å². The lowest BCUT2D eigenvalue weighted by atomic mass is 10.2. The van der Waals surface area contributed by atoms with Gasteiger partial charge in [-0.25, -0.2) is 4.79 Å². The van der Waals surface area contributed by atoms with Gasteiger partial charge in [-0.15, -0.1) is 0 Å². The Morgan fingerprint density at radius 1 is 0.864 bits per heavy atom. The first-order valence-electron chi connectivity index (χ1n) is 6.89. The molecule has 8 nitrogen and oxygen atoms in total. The fraction of sp³-hybridized carbons (Fsp3) is 0.923. The van der Waals surface area contributed by atoms with Gasteiger partial charge in [0.15, 0.2) is 0 Å². The van der Waals surface area contributed by atoms with Crippen LogP contribution in [0.5, 0.6) is 0 Å². The molecule has 0 saturated carbocycles. The lowest BCUT2D eigenvalue weighted by Gasteiger charge is -2.19. The first-order chi connectivity index (χ1) is 10.1. The van der Waals surface area contributed by atoms with Crippen LogP contribution in [0, 0.1) is 0 Å². The first-order valence-corrected chi connectivity index (χ1v) is 8.71. The minimum Gasteiger partial charge on any atom is -0.458 e. The van der Waals surface area contributed by atoms with Crippen molar-refractivity contribution >= 4 is 16.1 Å². The number of esters is 1. The van der Waals surface area contributed by atoms with E-state index >= 15 is 0 Å². The van der Waals surface area contributed by atoms with Crippen LogP contribution < -0.4 is 0 Å². The molecule has 22 heavy (non-hydrogen) atoms. The summed E-state index contributed by atoms with van der Waals surface area (Å²) in [6.45, 7) is 6.67. The van der Waals surface area contributed by atoms with Gasteiger partial charge in [0.25, 0.3) is 10.1 Å². The number of carbonyl (C=O) groups excluding carboxylic acids is 1. The van der Waals surface area contributed by atoms with Gasteiger partial charge in [0.05, 0.1) is 45.9 Å². The third kappa shape index (κ3) is 17.3. The summed E-state index contributed by atoms with van der Waals surface area (Å²) >= 11 is 0. The van der Waals surface area contributed by atoms with E-state index in [1.807, 2.05) is 0 Å². The fourth-order valence-corrected chi connectivity index (χ4v) is 1.58. The molecule has 0 aromatic rings. The van der Waals surface area contributed by atoms with E-state index in [0.29, 0.717) is 19.8 Å². The summed E-state index contributed by atoms with van der Waals surface area (Å²) in [5, 5.41) is 0. The second kappa shape index (κ2) is 10.9. The third-order valence-electron chi connectivity index (χ3n) is 1.91. The molecule has 0 atom stereocenters. The van der Waals surface area contributed by atoms with Crippen LogP contribution in [-0.2, 0) is 38.0 Å². The maximum Gasteiger partial charge on any atom is 0.332 e. The van der Waals surface area contributed by atoms with Gasteiger partial charge in [0.1, 0.15) is 12.2 Å². The molecule has 0 aromatic carbocycles. The zero-order valence-corrected chi connectivity index (χ0v) is 14.4. The quantitative estimate of drug-likeness (QED) is 0.285. The smallest absolute Gasteiger partial charge is 0.332 e. The molecule has 0 aliphatic heterocycles. The molecule has 0 fully saturated rings. The third-order valence-corrected chi connectivity index (χ3v) is 2.50. The van der Waals surface area contributed by atoms with Crippen molar-refractivity contribution in [1.82, 2.24) is 0 Å². The van der Waals surface area contributed by atoms with Crippen LogP contribution in [0.15, 0.2) is 0 Å². The molecule has 0 saturated heterocycles. The summed E-state index contributed by atoms with van der Waals surface area (Å²) in [6, 6.07) is 0. The van der Waals surface area contributed by atoms with E-state index in [0.717, 1.165) is 6.26 Å². The molecule has 0 amide bonds. The number of carbonyl (C=O) groups is 1. The number of hydrogen-bond donors (Lipinski definition) is 0. The standard InChI is InChI=1S/C13H26O8S/c1-13(2,3)21-12(14)11-19-8-7-17-5-6-18-9-10-20-22(4,15)16/h5-11H2,1-4H3. The Bertz CT molecular complexity index is 399. The minimum absolute atomic E-state index is 0.0160. The van der Waals surface area contributed by atoms with Crippen molar-refractivity contribution in [2.24, 2.45) is 0 Å². The summed E-state index contributed by atoms with van der Waals surface area (Å²) in [5.74, 6) is -0.415.